The van der Waals surface area contributed by atoms with Crippen LogP contribution in [0.5, 0.6) is 0 Å². The van der Waals surface area contributed by atoms with Crippen molar-refractivity contribution in [1.29, 1.82) is 0 Å². The summed E-state index contributed by atoms with van der Waals surface area (Å²) in [5.41, 5.74) is 5.43. The highest BCUT2D eigenvalue weighted by Gasteiger charge is 2.07. The first-order valence-electron chi connectivity index (χ1n) is 4.08. The van der Waals surface area contributed by atoms with Gasteiger partial charge in [-0.15, -0.1) is 12.4 Å². The maximum atomic E-state index is 10.8. The molecular formula is C9H18ClNO2. The minimum Gasteiger partial charge on any atom is -0.463 e. The predicted octanol–water partition coefficient (Wildman–Crippen LogP) is 1.65. The van der Waals surface area contributed by atoms with Gasteiger partial charge in [-0.3, -0.25) is 0 Å². The molecule has 0 aliphatic heterocycles. The fourth-order valence-electron chi connectivity index (χ4n) is 0.649. The molecule has 0 bridgehead atoms. The SMILES string of the molecule is CCOC(=O)/C=C/CC(C)(C)N.Cl. The molecule has 0 unspecified atom stereocenters. The van der Waals surface area contributed by atoms with Crippen molar-refractivity contribution in [2.24, 2.45) is 5.73 Å². The lowest BCUT2D eigenvalue weighted by Gasteiger charge is -2.14. The van der Waals surface area contributed by atoms with Crippen LogP contribution in [0.3, 0.4) is 0 Å². The first-order chi connectivity index (χ1) is 5.45. The Labute approximate surface area is 85.7 Å². The Bertz CT molecular complexity index is 173. The third kappa shape index (κ3) is 11.5. The van der Waals surface area contributed by atoms with Crippen molar-refractivity contribution in [2.45, 2.75) is 32.7 Å². The largest absolute Gasteiger partial charge is 0.463 e. The van der Waals surface area contributed by atoms with E-state index in [1.54, 1.807) is 13.0 Å². The van der Waals surface area contributed by atoms with Crippen molar-refractivity contribution in [1.82, 2.24) is 0 Å². The monoisotopic (exact) mass is 207 g/mol. The van der Waals surface area contributed by atoms with Gasteiger partial charge in [-0.25, -0.2) is 4.79 Å². The van der Waals surface area contributed by atoms with Gasteiger partial charge in [0.1, 0.15) is 0 Å². The van der Waals surface area contributed by atoms with Gasteiger partial charge in [0.15, 0.2) is 0 Å². The van der Waals surface area contributed by atoms with E-state index >= 15 is 0 Å². The van der Waals surface area contributed by atoms with Crippen LogP contribution in [0.15, 0.2) is 12.2 Å². The molecule has 0 saturated heterocycles. The van der Waals surface area contributed by atoms with Crippen LogP contribution in [0.2, 0.25) is 0 Å². The Hall–Kier alpha value is -0.540. The van der Waals surface area contributed by atoms with Crippen molar-refractivity contribution in [3.63, 3.8) is 0 Å². The van der Waals surface area contributed by atoms with Crippen LogP contribution in [-0.4, -0.2) is 18.1 Å². The van der Waals surface area contributed by atoms with Crippen molar-refractivity contribution >= 4 is 18.4 Å². The van der Waals surface area contributed by atoms with Crippen LogP contribution in [0.25, 0.3) is 0 Å². The summed E-state index contributed by atoms with van der Waals surface area (Å²) in [5, 5.41) is 0. The summed E-state index contributed by atoms with van der Waals surface area (Å²) in [6.45, 7) is 6.00. The average Bonchev–Trinajstić information content (AvgIpc) is 1.84. The van der Waals surface area contributed by atoms with Gasteiger partial charge in [0, 0.05) is 11.6 Å². The van der Waals surface area contributed by atoms with Gasteiger partial charge in [-0.1, -0.05) is 6.08 Å². The molecule has 0 rings (SSSR count). The standard InChI is InChI=1S/C9H17NO2.ClH/c1-4-12-8(11)6-5-7-9(2,3)10;/h5-6H,4,7,10H2,1-3H3;1H/b6-5+;. The summed E-state index contributed by atoms with van der Waals surface area (Å²) in [5.74, 6) is -0.304. The van der Waals surface area contributed by atoms with Crippen molar-refractivity contribution in [3.8, 4) is 0 Å². The van der Waals surface area contributed by atoms with Crippen molar-refractivity contribution in [3.05, 3.63) is 12.2 Å². The number of nitrogens with two attached hydrogens (primary N) is 1. The second-order valence-corrected chi connectivity index (χ2v) is 3.35. The summed E-state index contributed by atoms with van der Waals surface area (Å²) in [7, 11) is 0. The third-order valence-electron chi connectivity index (χ3n) is 1.18. The number of ether oxygens (including phenoxy) is 1. The summed E-state index contributed by atoms with van der Waals surface area (Å²) < 4.78 is 4.69. The zero-order valence-electron chi connectivity index (χ0n) is 8.37. The molecular weight excluding hydrogens is 190 g/mol. The maximum absolute atomic E-state index is 10.8. The fourth-order valence-corrected chi connectivity index (χ4v) is 0.649. The summed E-state index contributed by atoms with van der Waals surface area (Å²) in [6.07, 6.45) is 3.82. The van der Waals surface area contributed by atoms with Crippen LogP contribution in [-0.2, 0) is 9.53 Å². The van der Waals surface area contributed by atoms with Gasteiger partial charge in [0.25, 0.3) is 0 Å². The van der Waals surface area contributed by atoms with E-state index < -0.39 is 0 Å². The van der Waals surface area contributed by atoms with E-state index in [9.17, 15) is 4.79 Å². The summed E-state index contributed by atoms with van der Waals surface area (Å²) in [4.78, 5) is 10.8. The molecule has 0 spiro atoms. The molecule has 0 aliphatic rings. The van der Waals surface area contributed by atoms with Gasteiger partial charge in [0.05, 0.1) is 6.61 Å². The summed E-state index contributed by atoms with van der Waals surface area (Å²) in [6, 6.07) is 0. The van der Waals surface area contributed by atoms with Gasteiger partial charge in [-0.2, -0.15) is 0 Å². The molecule has 0 aromatic rings. The number of esters is 1. The highest BCUT2D eigenvalue weighted by molar-refractivity contribution is 5.85. The maximum Gasteiger partial charge on any atom is 0.330 e. The first-order valence-corrected chi connectivity index (χ1v) is 4.08. The molecule has 0 fully saturated rings. The topological polar surface area (TPSA) is 52.3 Å². The van der Waals surface area contributed by atoms with Crippen LogP contribution in [0.4, 0.5) is 0 Å². The first kappa shape index (κ1) is 15.0. The quantitative estimate of drug-likeness (QED) is 0.564. The van der Waals surface area contributed by atoms with E-state index in [1.807, 2.05) is 13.8 Å². The molecule has 0 saturated carbocycles. The molecule has 0 aromatic carbocycles. The van der Waals surface area contributed by atoms with Gasteiger partial charge >= 0.3 is 5.97 Å². The molecule has 0 aromatic heterocycles. The predicted molar refractivity (Wildman–Crippen MR) is 55.9 cm³/mol. The molecule has 4 heteroatoms. The van der Waals surface area contributed by atoms with E-state index in [4.69, 9.17) is 10.5 Å². The number of hydrogen-bond donors (Lipinski definition) is 1. The second kappa shape index (κ2) is 6.92. The van der Waals surface area contributed by atoms with Crippen LogP contribution >= 0.6 is 12.4 Å². The minimum atomic E-state index is -0.304. The molecule has 78 valence electrons. The third-order valence-corrected chi connectivity index (χ3v) is 1.18. The van der Waals surface area contributed by atoms with Crippen molar-refractivity contribution < 1.29 is 9.53 Å². The van der Waals surface area contributed by atoms with Gasteiger partial charge in [0.2, 0.25) is 0 Å². The molecule has 0 radical (unpaired) electrons. The van der Waals surface area contributed by atoms with Crippen LogP contribution in [0, 0.1) is 0 Å². The zero-order chi connectivity index (χ0) is 9.61. The van der Waals surface area contributed by atoms with Crippen LogP contribution < -0.4 is 5.73 Å². The minimum absolute atomic E-state index is 0. The van der Waals surface area contributed by atoms with E-state index in [2.05, 4.69) is 0 Å². The smallest absolute Gasteiger partial charge is 0.330 e. The van der Waals surface area contributed by atoms with Crippen molar-refractivity contribution in [2.75, 3.05) is 6.61 Å². The molecule has 3 nitrogen and oxygen atoms in total. The summed E-state index contributed by atoms with van der Waals surface area (Å²) >= 11 is 0. The van der Waals surface area contributed by atoms with Gasteiger partial charge in [-0.05, 0) is 27.2 Å². The Balaban J connectivity index is 0. The lowest BCUT2D eigenvalue weighted by atomic mass is 10.0. The number of carbonyl (C=O) groups is 1. The Kier molecular flexibility index (Phi) is 7.96. The molecule has 0 heterocycles. The molecule has 0 atom stereocenters. The van der Waals surface area contributed by atoms with E-state index in [0.717, 1.165) is 0 Å². The normalized spacial score (nSPS) is 11.1. The zero-order valence-corrected chi connectivity index (χ0v) is 9.19. The fraction of sp³-hybridized carbons (Fsp3) is 0.667. The van der Waals surface area contributed by atoms with E-state index in [-0.39, 0.29) is 23.9 Å². The lowest BCUT2D eigenvalue weighted by molar-refractivity contribution is -0.137. The highest BCUT2D eigenvalue weighted by atomic mass is 35.5. The molecule has 2 N–H and O–H groups in total. The Morgan fingerprint density at radius 1 is 1.54 bits per heavy atom. The molecule has 0 aliphatic carbocycles. The number of carbonyl (C=O) groups excluding carboxylic acids is 1. The highest BCUT2D eigenvalue weighted by Crippen LogP contribution is 2.03. The number of rotatable bonds is 4. The Morgan fingerprint density at radius 2 is 2.08 bits per heavy atom. The lowest BCUT2D eigenvalue weighted by Crippen LogP contribution is -2.30. The van der Waals surface area contributed by atoms with E-state index in [0.29, 0.717) is 13.0 Å². The second-order valence-electron chi connectivity index (χ2n) is 3.35. The molecule has 0 amide bonds. The Morgan fingerprint density at radius 3 is 2.46 bits per heavy atom. The molecule has 13 heavy (non-hydrogen) atoms. The number of halogens is 1. The average molecular weight is 208 g/mol. The van der Waals surface area contributed by atoms with Gasteiger partial charge < -0.3 is 10.5 Å². The van der Waals surface area contributed by atoms with Crippen LogP contribution in [0.1, 0.15) is 27.2 Å². The number of hydrogen-bond acceptors (Lipinski definition) is 3. The van der Waals surface area contributed by atoms with E-state index in [1.165, 1.54) is 6.08 Å².